The zero-order valence-electron chi connectivity index (χ0n) is 12.8. The first kappa shape index (κ1) is 15.7. The number of Topliss-reactive ketones (excluding diaryl/α,β-unsaturated/α-hetero) is 1. The quantitative estimate of drug-likeness (QED) is 0.814. The van der Waals surface area contributed by atoms with Crippen LogP contribution in [-0.4, -0.2) is 11.7 Å². The second-order valence-electron chi connectivity index (χ2n) is 5.90. The maximum atomic E-state index is 12.5. The fourth-order valence-electron chi connectivity index (χ4n) is 3.10. The predicted octanol–water partition coefficient (Wildman–Crippen LogP) is 3.48. The third-order valence-corrected chi connectivity index (χ3v) is 4.39. The number of hydrogen-bond donors (Lipinski definition) is 1. The van der Waals surface area contributed by atoms with E-state index in [1.54, 1.807) is 0 Å². The van der Waals surface area contributed by atoms with Gasteiger partial charge in [-0.25, -0.2) is 0 Å². The highest BCUT2D eigenvalue weighted by molar-refractivity contribution is 6.02. The summed E-state index contributed by atoms with van der Waals surface area (Å²) in [4.78, 5) is 24.8. The minimum Gasteiger partial charge on any atom is -0.351 e. The van der Waals surface area contributed by atoms with Gasteiger partial charge in [-0.05, 0) is 24.8 Å². The maximum absolute atomic E-state index is 12.5. The molecule has 0 saturated heterocycles. The minimum atomic E-state index is -0.475. The van der Waals surface area contributed by atoms with Crippen molar-refractivity contribution in [2.24, 2.45) is 11.8 Å². The van der Waals surface area contributed by atoms with Crippen molar-refractivity contribution >= 4 is 11.7 Å². The molecule has 3 nitrogen and oxygen atoms in total. The van der Waals surface area contributed by atoms with E-state index in [0.717, 1.165) is 31.2 Å². The molecule has 0 aromatic heterocycles. The minimum absolute atomic E-state index is 0.103. The summed E-state index contributed by atoms with van der Waals surface area (Å²) in [6.45, 7) is 2.42. The van der Waals surface area contributed by atoms with Crippen LogP contribution in [0, 0.1) is 11.8 Å². The lowest BCUT2D eigenvalue weighted by atomic mass is 9.80. The number of hydrogen-bond acceptors (Lipinski definition) is 2. The predicted molar refractivity (Wildman–Crippen MR) is 83.7 cm³/mol. The highest BCUT2D eigenvalue weighted by atomic mass is 16.2. The number of nitrogens with one attached hydrogen (secondary N) is 1. The molecule has 1 unspecified atom stereocenters. The SMILES string of the molecule is CCC(C(=O)NCc1ccccc1)C(=O)C1CCCCC1. The molecule has 1 aliphatic rings. The molecular weight excluding hydrogens is 262 g/mol. The molecule has 114 valence electrons. The van der Waals surface area contributed by atoms with Crippen LogP contribution in [-0.2, 0) is 16.1 Å². The Balaban J connectivity index is 1.90. The van der Waals surface area contributed by atoms with E-state index in [0.29, 0.717) is 13.0 Å². The molecule has 0 radical (unpaired) electrons. The molecule has 1 aromatic carbocycles. The average Bonchev–Trinajstić information content (AvgIpc) is 2.55. The van der Waals surface area contributed by atoms with Crippen LogP contribution in [0.15, 0.2) is 30.3 Å². The van der Waals surface area contributed by atoms with Gasteiger partial charge in [0.2, 0.25) is 5.91 Å². The van der Waals surface area contributed by atoms with E-state index in [1.807, 2.05) is 37.3 Å². The standard InChI is InChI=1S/C18H25NO2/c1-2-16(17(20)15-11-7-4-8-12-15)18(21)19-13-14-9-5-3-6-10-14/h3,5-6,9-10,15-16H,2,4,7-8,11-13H2,1H3,(H,19,21). The van der Waals surface area contributed by atoms with Crippen molar-refractivity contribution in [3.63, 3.8) is 0 Å². The van der Waals surface area contributed by atoms with Gasteiger partial charge >= 0.3 is 0 Å². The normalized spacial score (nSPS) is 17.2. The van der Waals surface area contributed by atoms with Gasteiger partial charge in [-0.1, -0.05) is 56.5 Å². The average molecular weight is 287 g/mol. The van der Waals surface area contributed by atoms with Crippen LogP contribution in [0.5, 0.6) is 0 Å². The van der Waals surface area contributed by atoms with Crippen molar-refractivity contribution in [3.05, 3.63) is 35.9 Å². The fourth-order valence-corrected chi connectivity index (χ4v) is 3.10. The van der Waals surface area contributed by atoms with Gasteiger partial charge in [0.15, 0.2) is 0 Å². The molecule has 1 N–H and O–H groups in total. The second-order valence-corrected chi connectivity index (χ2v) is 5.90. The van der Waals surface area contributed by atoms with Gasteiger partial charge in [-0.2, -0.15) is 0 Å². The zero-order chi connectivity index (χ0) is 15.1. The number of amides is 1. The molecule has 1 amide bonds. The molecule has 2 rings (SSSR count). The Hall–Kier alpha value is -1.64. The summed E-state index contributed by atoms with van der Waals surface area (Å²) in [5.74, 6) is -0.331. The Kier molecular flexibility index (Phi) is 5.97. The van der Waals surface area contributed by atoms with Crippen molar-refractivity contribution in [1.29, 1.82) is 0 Å². The highest BCUT2D eigenvalue weighted by Crippen LogP contribution is 2.27. The van der Waals surface area contributed by atoms with E-state index < -0.39 is 5.92 Å². The lowest BCUT2D eigenvalue weighted by molar-refractivity contribution is -0.137. The highest BCUT2D eigenvalue weighted by Gasteiger charge is 2.31. The first-order chi connectivity index (χ1) is 10.2. The fraction of sp³-hybridized carbons (Fsp3) is 0.556. The Morgan fingerprint density at radius 2 is 1.81 bits per heavy atom. The van der Waals surface area contributed by atoms with Gasteiger partial charge in [0.25, 0.3) is 0 Å². The molecule has 1 fully saturated rings. The van der Waals surface area contributed by atoms with Crippen molar-refractivity contribution in [3.8, 4) is 0 Å². The van der Waals surface area contributed by atoms with Gasteiger partial charge in [-0.3, -0.25) is 9.59 Å². The molecule has 0 aliphatic heterocycles. The molecule has 1 aliphatic carbocycles. The molecule has 0 bridgehead atoms. The zero-order valence-corrected chi connectivity index (χ0v) is 12.8. The van der Waals surface area contributed by atoms with Gasteiger partial charge < -0.3 is 5.32 Å². The van der Waals surface area contributed by atoms with E-state index >= 15 is 0 Å². The Bertz CT molecular complexity index is 463. The molecular formula is C18H25NO2. The van der Waals surface area contributed by atoms with E-state index in [1.165, 1.54) is 6.42 Å². The summed E-state index contributed by atoms with van der Waals surface area (Å²) in [7, 11) is 0. The van der Waals surface area contributed by atoms with E-state index in [2.05, 4.69) is 5.32 Å². The monoisotopic (exact) mass is 287 g/mol. The number of carbonyl (C=O) groups excluding carboxylic acids is 2. The molecule has 1 atom stereocenters. The van der Waals surface area contributed by atoms with Gasteiger partial charge in [0.1, 0.15) is 5.78 Å². The molecule has 21 heavy (non-hydrogen) atoms. The Labute approximate surface area is 127 Å². The first-order valence-electron chi connectivity index (χ1n) is 8.07. The van der Waals surface area contributed by atoms with Crippen molar-refractivity contribution in [1.82, 2.24) is 5.32 Å². The lowest BCUT2D eigenvalue weighted by Crippen LogP contribution is -2.38. The van der Waals surface area contributed by atoms with Crippen LogP contribution >= 0.6 is 0 Å². The largest absolute Gasteiger partial charge is 0.351 e. The summed E-state index contributed by atoms with van der Waals surface area (Å²) >= 11 is 0. The molecule has 1 saturated carbocycles. The molecule has 3 heteroatoms. The summed E-state index contributed by atoms with van der Waals surface area (Å²) in [6, 6.07) is 9.80. The van der Waals surface area contributed by atoms with E-state index in [9.17, 15) is 9.59 Å². The van der Waals surface area contributed by atoms with Crippen molar-refractivity contribution in [2.45, 2.75) is 52.0 Å². The number of benzene rings is 1. The summed E-state index contributed by atoms with van der Waals surface area (Å²) in [5, 5.41) is 2.91. The van der Waals surface area contributed by atoms with Crippen LogP contribution < -0.4 is 5.32 Å². The maximum Gasteiger partial charge on any atom is 0.230 e. The van der Waals surface area contributed by atoms with Crippen LogP contribution in [0.3, 0.4) is 0 Å². The summed E-state index contributed by atoms with van der Waals surface area (Å²) in [6.07, 6.45) is 5.98. The lowest BCUT2D eigenvalue weighted by Gasteiger charge is -2.24. The number of ketones is 1. The van der Waals surface area contributed by atoms with Crippen molar-refractivity contribution < 1.29 is 9.59 Å². The van der Waals surface area contributed by atoms with E-state index in [-0.39, 0.29) is 17.6 Å². The Morgan fingerprint density at radius 1 is 1.14 bits per heavy atom. The first-order valence-corrected chi connectivity index (χ1v) is 8.07. The topological polar surface area (TPSA) is 46.2 Å². The third kappa shape index (κ3) is 4.42. The smallest absolute Gasteiger partial charge is 0.230 e. The molecule has 0 heterocycles. The molecule has 1 aromatic rings. The third-order valence-electron chi connectivity index (χ3n) is 4.39. The van der Waals surface area contributed by atoms with E-state index in [4.69, 9.17) is 0 Å². The van der Waals surface area contributed by atoms with Crippen LogP contribution in [0.2, 0.25) is 0 Å². The van der Waals surface area contributed by atoms with Crippen molar-refractivity contribution in [2.75, 3.05) is 0 Å². The second kappa shape index (κ2) is 7.96. The molecule has 0 spiro atoms. The number of rotatable bonds is 6. The van der Waals surface area contributed by atoms with Gasteiger partial charge in [0.05, 0.1) is 5.92 Å². The van der Waals surface area contributed by atoms with Gasteiger partial charge in [-0.15, -0.1) is 0 Å². The van der Waals surface area contributed by atoms with Crippen LogP contribution in [0.1, 0.15) is 51.0 Å². The van der Waals surface area contributed by atoms with Gasteiger partial charge in [0, 0.05) is 12.5 Å². The van der Waals surface area contributed by atoms with Crippen LogP contribution in [0.25, 0.3) is 0 Å². The summed E-state index contributed by atoms with van der Waals surface area (Å²) in [5.41, 5.74) is 1.06. The van der Waals surface area contributed by atoms with Crippen LogP contribution in [0.4, 0.5) is 0 Å². The summed E-state index contributed by atoms with van der Waals surface area (Å²) < 4.78 is 0. The number of carbonyl (C=O) groups is 2. The Morgan fingerprint density at radius 3 is 2.43 bits per heavy atom.